The van der Waals surface area contributed by atoms with Crippen LogP contribution in [0.1, 0.15) is 16.7 Å². The van der Waals surface area contributed by atoms with Crippen LogP contribution in [0.3, 0.4) is 0 Å². The Morgan fingerprint density at radius 1 is 0.952 bits per heavy atom. The van der Waals surface area contributed by atoms with Crippen molar-refractivity contribution in [3.8, 4) is 17.2 Å². The van der Waals surface area contributed by atoms with E-state index in [1.54, 1.807) is 48.5 Å². The van der Waals surface area contributed by atoms with Gasteiger partial charge in [-0.15, -0.1) is 0 Å². The van der Waals surface area contributed by atoms with Gasteiger partial charge in [-0.1, -0.05) is 48.0 Å². The van der Waals surface area contributed by atoms with Crippen molar-refractivity contribution in [1.82, 2.24) is 5.43 Å². The number of rotatable bonds is 12. The van der Waals surface area contributed by atoms with Crippen LogP contribution < -0.4 is 23.9 Å². The number of nitrogens with zero attached hydrogens (tertiary/aromatic N) is 2. The molecular formula is C31H30BrN3O6S. The number of ether oxygens (including phenoxy) is 3. The molecule has 11 heteroatoms. The zero-order valence-electron chi connectivity index (χ0n) is 23.3. The van der Waals surface area contributed by atoms with Crippen LogP contribution in [-0.2, 0) is 21.4 Å². The van der Waals surface area contributed by atoms with E-state index in [0.717, 1.165) is 15.4 Å². The number of carbonyl (C=O) groups excluding carboxylic acids is 1. The molecule has 0 spiro atoms. The first-order valence-corrected chi connectivity index (χ1v) is 15.0. The van der Waals surface area contributed by atoms with Gasteiger partial charge in [-0.2, -0.15) is 5.10 Å². The van der Waals surface area contributed by atoms with Crippen molar-refractivity contribution >= 4 is 43.8 Å². The van der Waals surface area contributed by atoms with Gasteiger partial charge in [0.15, 0.2) is 11.5 Å². The Hall–Kier alpha value is -4.35. The average molecular weight is 653 g/mol. The minimum atomic E-state index is -4.06. The molecule has 9 nitrogen and oxygen atoms in total. The Kier molecular flexibility index (Phi) is 10.2. The zero-order chi connectivity index (χ0) is 30.1. The lowest BCUT2D eigenvalue weighted by molar-refractivity contribution is -0.119. The van der Waals surface area contributed by atoms with Crippen LogP contribution >= 0.6 is 15.9 Å². The minimum absolute atomic E-state index is 0.0618. The van der Waals surface area contributed by atoms with Crippen LogP contribution in [0, 0.1) is 6.92 Å². The zero-order valence-corrected chi connectivity index (χ0v) is 25.7. The van der Waals surface area contributed by atoms with E-state index in [1.165, 1.54) is 32.6 Å². The summed E-state index contributed by atoms with van der Waals surface area (Å²) in [4.78, 5) is 13.0. The molecule has 0 fully saturated rings. The molecule has 1 amide bonds. The van der Waals surface area contributed by atoms with Crippen molar-refractivity contribution in [2.75, 3.05) is 25.1 Å². The van der Waals surface area contributed by atoms with Gasteiger partial charge in [-0.25, -0.2) is 13.8 Å². The highest BCUT2D eigenvalue weighted by Gasteiger charge is 2.27. The number of amides is 1. The first-order valence-electron chi connectivity index (χ1n) is 12.8. The maximum atomic E-state index is 13.6. The maximum absolute atomic E-state index is 13.6. The second-order valence-corrected chi connectivity index (χ2v) is 11.8. The summed E-state index contributed by atoms with van der Waals surface area (Å²) >= 11 is 3.51. The molecule has 0 saturated heterocycles. The summed E-state index contributed by atoms with van der Waals surface area (Å²) in [6.45, 7) is 1.72. The second-order valence-electron chi connectivity index (χ2n) is 9.12. The molecule has 4 aromatic rings. The maximum Gasteiger partial charge on any atom is 0.264 e. The van der Waals surface area contributed by atoms with Crippen LogP contribution in [0.2, 0.25) is 0 Å². The third kappa shape index (κ3) is 7.68. The molecule has 1 N–H and O–H groups in total. The summed E-state index contributed by atoms with van der Waals surface area (Å²) in [5.41, 5.74) is 5.25. The van der Waals surface area contributed by atoms with E-state index in [1.807, 2.05) is 37.3 Å². The normalized spacial score (nSPS) is 11.2. The van der Waals surface area contributed by atoms with Crippen LogP contribution in [0.5, 0.6) is 17.2 Å². The van der Waals surface area contributed by atoms with E-state index in [9.17, 15) is 13.2 Å². The molecule has 0 radical (unpaired) electrons. The molecule has 0 aliphatic rings. The van der Waals surface area contributed by atoms with E-state index < -0.39 is 22.5 Å². The van der Waals surface area contributed by atoms with Crippen molar-refractivity contribution in [1.29, 1.82) is 0 Å². The highest BCUT2D eigenvalue weighted by atomic mass is 79.9. The first kappa shape index (κ1) is 30.6. The predicted octanol–water partition coefficient (Wildman–Crippen LogP) is 5.70. The summed E-state index contributed by atoms with van der Waals surface area (Å²) in [5.74, 6) is 0.923. The molecule has 4 rings (SSSR count). The van der Waals surface area contributed by atoms with Gasteiger partial charge in [0.05, 0.1) is 35.5 Å². The van der Waals surface area contributed by atoms with E-state index in [0.29, 0.717) is 39.6 Å². The standard InChI is InChI=1S/C31H30BrN3O6S/c1-22-9-15-27(16-10-22)42(37,38)35(25-11-13-26(39-2)14-12-25)20-30(36)34-33-19-24-17-28(32)31(29(18-24)40-3)41-21-23-7-5-4-6-8-23/h4-19H,20-21H2,1-3H3,(H,34,36)/b33-19-. The van der Waals surface area contributed by atoms with Gasteiger partial charge in [0.1, 0.15) is 18.9 Å². The number of hydrazone groups is 1. The number of benzene rings is 4. The molecule has 0 saturated carbocycles. The SMILES string of the molecule is COc1ccc(N(CC(=O)N/N=C\c2cc(Br)c(OCc3ccccc3)c(OC)c2)S(=O)(=O)c2ccc(C)cc2)cc1. The van der Waals surface area contributed by atoms with Crippen LogP contribution in [-0.4, -0.2) is 41.3 Å². The van der Waals surface area contributed by atoms with E-state index in [-0.39, 0.29) is 4.90 Å². The van der Waals surface area contributed by atoms with Crippen molar-refractivity contribution < 1.29 is 27.4 Å². The van der Waals surface area contributed by atoms with Crippen LogP contribution in [0.25, 0.3) is 0 Å². The monoisotopic (exact) mass is 651 g/mol. The van der Waals surface area contributed by atoms with Gasteiger partial charge in [-0.3, -0.25) is 9.10 Å². The number of sulfonamides is 1. The molecule has 4 aromatic carbocycles. The van der Waals surface area contributed by atoms with E-state index >= 15 is 0 Å². The van der Waals surface area contributed by atoms with Gasteiger partial charge >= 0.3 is 0 Å². The Balaban J connectivity index is 1.49. The number of hydrogen-bond acceptors (Lipinski definition) is 7. The predicted molar refractivity (Wildman–Crippen MR) is 166 cm³/mol. The summed E-state index contributed by atoms with van der Waals surface area (Å²) in [7, 11) is -1.02. The molecule has 218 valence electrons. The number of halogens is 1. The van der Waals surface area contributed by atoms with Crippen molar-refractivity contribution in [3.05, 3.63) is 112 Å². The number of nitrogens with one attached hydrogen (secondary N) is 1. The second kappa shape index (κ2) is 14.0. The number of methoxy groups -OCH3 is 2. The first-order chi connectivity index (χ1) is 20.2. The fourth-order valence-corrected chi connectivity index (χ4v) is 5.92. The number of aryl methyl sites for hydroxylation is 1. The minimum Gasteiger partial charge on any atom is -0.497 e. The quantitative estimate of drug-likeness (QED) is 0.156. The number of hydrogen-bond donors (Lipinski definition) is 1. The summed E-state index contributed by atoms with van der Waals surface area (Å²) in [5, 5.41) is 4.04. The Bertz CT molecular complexity index is 1650. The molecule has 0 heterocycles. The molecule has 0 bridgehead atoms. The molecule has 0 aromatic heterocycles. The highest BCUT2D eigenvalue weighted by molar-refractivity contribution is 9.10. The molecule has 42 heavy (non-hydrogen) atoms. The molecule has 0 aliphatic carbocycles. The van der Waals surface area contributed by atoms with Crippen LogP contribution in [0.15, 0.2) is 105 Å². The molecule has 0 unspecified atom stereocenters. The van der Waals surface area contributed by atoms with E-state index in [4.69, 9.17) is 14.2 Å². The fourth-order valence-electron chi connectivity index (χ4n) is 3.93. The van der Waals surface area contributed by atoms with Gasteiger partial charge < -0.3 is 14.2 Å². The Morgan fingerprint density at radius 3 is 2.29 bits per heavy atom. The lowest BCUT2D eigenvalue weighted by atomic mass is 10.2. The van der Waals surface area contributed by atoms with Gasteiger partial charge in [0, 0.05) is 0 Å². The van der Waals surface area contributed by atoms with Crippen molar-refractivity contribution in [3.63, 3.8) is 0 Å². The van der Waals surface area contributed by atoms with Gasteiger partial charge in [-0.05, 0) is 82.5 Å². The van der Waals surface area contributed by atoms with Crippen molar-refractivity contribution in [2.24, 2.45) is 5.10 Å². The molecule has 0 aliphatic heterocycles. The summed E-state index contributed by atoms with van der Waals surface area (Å²) in [6, 6.07) is 26.1. The number of carbonyl (C=O) groups is 1. The van der Waals surface area contributed by atoms with Gasteiger partial charge in [0.25, 0.3) is 15.9 Å². The lowest BCUT2D eigenvalue weighted by Gasteiger charge is -2.24. The average Bonchev–Trinajstić information content (AvgIpc) is 3.00. The molecular weight excluding hydrogens is 622 g/mol. The highest BCUT2D eigenvalue weighted by Crippen LogP contribution is 2.37. The Morgan fingerprint density at radius 2 is 1.64 bits per heavy atom. The third-order valence-corrected chi connectivity index (χ3v) is 8.51. The number of anilines is 1. The third-order valence-electron chi connectivity index (χ3n) is 6.14. The largest absolute Gasteiger partial charge is 0.497 e. The van der Waals surface area contributed by atoms with E-state index in [2.05, 4.69) is 26.5 Å². The fraction of sp³-hybridized carbons (Fsp3) is 0.161. The molecule has 0 atom stereocenters. The smallest absolute Gasteiger partial charge is 0.264 e. The van der Waals surface area contributed by atoms with Crippen molar-refractivity contribution in [2.45, 2.75) is 18.4 Å². The topological polar surface area (TPSA) is 107 Å². The van der Waals surface area contributed by atoms with Crippen LogP contribution in [0.4, 0.5) is 5.69 Å². The summed E-state index contributed by atoms with van der Waals surface area (Å²) < 4.78 is 45.4. The lowest BCUT2D eigenvalue weighted by Crippen LogP contribution is -2.39. The summed E-state index contributed by atoms with van der Waals surface area (Å²) in [6.07, 6.45) is 1.43. The Labute approximate surface area is 253 Å². The van der Waals surface area contributed by atoms with Gasteiger partial charge in [0.2, 0.25) is 0 Å².